The minimum absolute atomic E-state index is 0.0499. The number of hydrogen-bond acceptors (Lipinski definition) is 4. The number of hydrogen-bond donors (Lipinski definition) is 3. The van der Waals surface area contributed by atoms with E-state index in [0.717, 1.165) is 19.4 Å². The molecule has 3 rings (SSSR count). The number of carbonyl (C=O) groups excluding carboxylic acids is 3. The molecule has 1 aliphatic rings. The molecule has 29 heavy (non-hydrogen) atoms. The molecule has 1 heterocycles. The first kappa shape index (κ1) is 20.5. The van der Waals surface area contributed by atoms with E-state index < -0.39 is 0 Å². The van der Waals surface area contributed by atoms with Crippen molar-refractivity contribution in [3.05, 3.63) is 65.7 Å². The van der Waals surface area contributed by atoms with Crippen molar-refractivity contribution < 1.29 is 19.1 Å². The van der Waals surface area contributed by atoms with Gasteiger partial charge in [0.1, 0.15) is 0 Å². The van der Waals surface area contributed by atoms with E-state index in [1.807, 2.05) is 6.07 Å². The van der Waals surface area contributed by atoms with Crippen LogP contribution in [0.2, 0.25) is 0 Å². The Morgan fingerprint density at radius 2 is 1.69 bits per heavy atom. The quantitative estimate of drug-likeness (QED) is 0.639. The maximum absolute atomic E-state index is 12.5. The molecule has 7 nitrogen and oxygen atoms in total. The molecule has 0 aromatic heterocycles. The van der Waals surface area contributed by atoms with Crippen LogP contribution in [0.1, 0.15) is 40.0 Å². The number of para-hydroxylation sites is 1. The van der Waals surface area contributed by atoms with Crippen molar-refractivity contribution in [2.75, 3.05) is 25.0 Å². The van der Waals surface area contributed by atoms with E-state index >= 15 is 0 Å². The topological polar surface area (TPSA) is 96.5 Å². The zero-order valence-corrected chi connectivity index (χ0v) is 16.1. The molecule has 1 aliphatic heterocycles. The Morgan fingerprint density at radius 3 is 2.45 bits per heavy atom. The van der Waals surface area contributed by atoms with Gasteiger partial charge in [0.05, 0.1) is 17.4 Å². The number of amides is 3. The number of anilines is 1. The zero-order chi connectivity index (χ0) is 20.5. The molecule has 1 saturated heterocycles. The lowest BCUT2D eigenvalue weighted by Crippen LogP contribution is -2.32. The third-order valence-corrected chi connectivity index (χ3v) is 4.63. The molecule has 2 aromatic carbocycles. The van der Waals surface area contributed by atoms with Gasteiger partial charge in [-0.3, -0.25) is 14.4 Å². The smallest absolute Gasteiger partial charge is 0.253 e. The Bertz CT molecular complexity index is 848. The van der Waals surface area contributed by atoms with Gasteiger partial charge in [0.25, 0.3) is 11.8 Å². The van der Waals surface area contributed by atoms with Gasteiger partial charge in [-0.2, -0.15) is 0 Å². The molecule has 7 heteroatoms. The summed E-state index contributed by atoms with van der Waals surface area (Å²) < 4.78 is 5.51. The second-order valence-corrected chi connectivity index (χ2v) is 6.81. The van der Waals surface area contributed by atoms with E-state index in [9.17, 15) is 14.4 Å². The van der Waals surface area contributed by atoms with Gasteiger partial charge in [0, 0.05) is 31.7 Å². The van der Waals surface area contributed by atoms with Crippen LogP contribution < -0.4 is 16.0 Å². The highest BCUT2D eigenvalue weighted by Gasteiger charge is 2.18. The lowest BCUT2D eigenvalue weighted by atomic mass is 10.1. The fourth-order valence-corrected chi connectivity index (χ4v) is 3.09. The first-order valence-corrected chi connectivity index (χ1v) is 9.75. The van der Waals surface area contributed by atoms with Crippen LogP contribution in [0, 0.1) is 0 Å². The number of nitrogens with one attached hydrogen (secondary N) is 3. The van der Waals surface area contributed by atoms with Gasteiger partial charge in [0.2, 0.25) is 5.91 Å². The fourth-order valence-electron chi connectivity index (χ4n) is 3.09. The molecule has 0 saturated carbocycles. The van der Waals surface area contributed by atoms with Crippen LogP contribution in [0.4, 0.5) is 5.69 Å². The van der Waals surface area contributed by atoms with Crippen LogP contribution in [0.3, 0.4) is 0 Å². The van der Waals surface area contributed by atoms with Crippen molar-refractivity contribution >= 4 is 23.4 Å². The minimum atomic E-state index is -0.280. The zero-order valence-electron chi connectivity index (χ0n) is 16.1. The first-order valence-electron chi connectivity index (χ1n) is 9.75. The summed E-state index contributed by atoms with van der Waals surface area (Å²) in [7, 11) is 0. The summed E-state index contributed by atoms with van der Waals surface area (Å²) in [5.41, 5.74) is 1.38. The van der Waals surface area contributed by atoms with Gasteiger partial charge in [-0.05, 0) is 37.1 Å². The normalized spacial score (nSPS) is 15.5. The van der Waals surface area contributed by atoms with Crippen molar-refractivity contribution in [1.82, 2.24) is 10.6 Å². The molecule has 0 bridgehead atoms. The highest BCUT2D eigenvalue weighted by Crippen LogP contribution is 2.16. The Kier molecular flexibility index (Phi) is 7.35. The van der Waals surface area contributed by atoms with Crippen LogP contribution in [-0.4, -0.2) is 43.5 Å². The SMILES string of the molecule is O=C(CCNC(=O)c1ccccc1)Nc1ccccc1C(=O)NCC1CCCO1. The number of ether oxygens (including phenoxy) is 1. The summed E-state index contributed by atoms with van der Waals surface area (Å²) in [6.45, 7) is 1.38. The highest BCUT2D eigenvalue weighted by molar-refractivity contribution is 6.03. The molecule has 0 spiro atoms. The van der Waals surface area contributed by atoms with Gasteiger partial charge >= 0.3 is 0 Å². The van der Waals surface area contributed by atoms with E-state index in [4.69, 9.17) is 4.74 Å². The van der Waals surface area contributed by atoms with Gasteiger partial charge < -0.3 is 20.7 Å². The maximum Gasteiger partial charge on any atom is 0.253 e. The minimum Gasteiger partial charge on any atom is -0.376 e. The third kappa shape index (κ3) is 6.15. The molecule has 1 fully saturated rings. The second-order valence-electron chi connectivity index (χ2n) is 6.81. The summed E-state index contributed by atoms with van der Waals surface area (Å²) in [5, 5.41) is 8.32. The summed E-state index contributed by atoms with van der Waals surface area (Å²) in [4.78, 5) is 36.7. The largest absolute Gasteiger partial charge is 0.376 e. The molecule has 0 aliphatic carbocycles. The molecule has 0 radical (unpaired) electrons. The van der Waals surface area contributed by atoms with Crippen LogP contribution in [-0.2, 0) is 9.53 Å². The molecule has 3 amide bonds. The molecular formula is C22H25N3O4. The maximum atomic E-state index is 12.5. The number of benzene rings is 2. The molecule has 1 unspecified atom stereocenters. The van der Waals surface area contributed by atoms with Crippen LogP contribution >= 0.6 is 0 Å². The Balaban J connectivity index is 1.48. The first-order chi connectivity index (χ1) is 14.1. The van der Waals surface area contributed by atoms with Crippen molar-refractivity contribution in [1.29, 1.82) is 0 Å². The Hall–Kier alpha value is -3.19. The number of rotatable bonds is 8. The Labute approximate surface area is 169 Å². The van der Waals surface area contributed by atoms with Gasteiger partial charge in [-0.15, -0.1) is 0 Å². The average molecular weight is 395 g/mol. The van der Waals surface area contributed by atoms with E-state index in [1.54, 1.807) is 48.5 Å². The molecule has 1 atom stereocenters. The van der Waals surface area contributed by atoms with Crippen molar-refractivity contribution in [2.24, 2.45) is 0 Å². The average Bonchev–Trinajstić information content (AvgIpc) is 3.26. The van der Waals surface area contributed by atoms with Crippen LogP contribution in [0.25, 0.3) is 0 Å². The summed E-state index contributed by atoms with van der Waals surface area (Å²) in [6.07, 6.45) is 2.10. The lowest BCUT2D eigenvalue weighted by molar-refractivity contribution is -0.116. The van der Waals surface area contributed by atoms with Crippen molar-refractivity contribution in [3.63, 3.8) is 0 Å². The highest BCUT2D eigenvalue weighted by atomic mass is 16.5. The van der Waals surface area contributed by atoms with E-state index in [2.05, 4.69) is 16.0 Å². The molecule has 152 valence electrons. The predicted octanol–water partition coefficient (Wildman–Crippen LogP) is 2.35. The van der Waals surface area contributed by atoms with Crippen LogP contribution in [0.15, 0.2) is 54.6 Å². The predicted molar refractivity (Wildman–Crippen MR) is 110 cm³/mol. The van der Waals surface area contributed by atoms with Gasteiger partial charge in [0.15, 0.2) is 0 Å². The van der Waals surface area contributed by atoms with Crippen molar-refractivity contribution in [3.8, 4) is 0 Å². The van der Waals surface area contributed by atoms with Crippen LogP contribution in [0.5, 0.6) is 0 Å². The summed E-state index contributed by atoms with van der Waals surface area (Å²) in [5.74, 6) is -0.765. The van der Waals surface area contributed by atoms with E-state index in [1.165, 1.54) is 0 Å². The molecule has 2 aromatic rings. The summed E-state index contributed by atoms with van der Waals surface area (Å²) in [6, 6.07) is 15.7. The fraction of sp³-hybridized carbons (Fsp3) is 0.318. The third-order valence-electron chi connectivity index (χ3n) is 4.63. The summed E-state index contributed by atoms with van der Waals surface area (Å²) >= 11 is 0. The Morgan fingerprint density at radius 1 is 0.931 bits per heavy atom. The standard InChI is InChI=1S/C22H25N3O4/c26-20(12-13-23-21(27)16-7-2-1-3-8-16)25-19-11-5-4-10-18(19)22(28)24-15-17-9-6-14-29-17/h1-5,7-8,10-11,17H,6,9,12-15H2,(H,23,27)(H,24,28)(H,25,26). The number of carbonyl (C=O) groups is 3. The van der Waals surface area contributed by atoms with E-state index in [-0.39, 0.29) is 36.8 Å². The van der Waals surface area contributed by atoms with E-state index in [0.29, 0.717) is 23.4 Å². The molecule has 3 N–H and O–H groups in total. The monoisotopic (exact) mass is 395 g/mol. The van der Waals surface area contributed by atoms with Gasteiger partial charge in [-0.25, -0.2) is 0 Å². The van der Waals surface area contributed by atoms with Gasteiger partial charge in [-0.1, -0.05) is 30.3 Å². The van der Waals surface area contributed by atoms with Crippen molar-refractivity contribution in [2.45, 2.75) is 25.4 Å². The second kappa shape index (κ2) is 10.4. The lowest BCUT2D eigenvalue weighted by Gasteiger charge is -2.14. The molecular weight excluding hydrogens is 370 g/mol.